The Bertz CT molecular complexity index is 275. The maximum atomic E-state index is 10.9. The van der Waals surface area contributed by atoms with E-state index in [1.54, 1.807) is 13.0 Å². The third-order valence-corrected chi connectivity index (χ3v) is 1.91. The predicted molar refractivity (Wildman–Crippen MR) is 72.8 cm³/mol. The van der Waals surface area contributed by atoms with Gasteiger partial charge < -0.3 is 0 Å². The van der Waals surface area contributed by atoms with Crippen LogP contribution in [-0.4, -0.2) is 5.78 Å². The summed E-state index contributed by atoms with van der Waals surface area (Å²) in [6.07, 6.45) is 1.75. The van der Waals surface area contributed by atoms with Gasteiger partial charge in [0.25, 0.3) is 0 Å². The van der Waals surface area contributed by atoms with E-state index >= 15 is 0 Å². The topological polar surface area (TPSA) is 17.1 Å². The smallest absolute Gasteiger partial charge is 0.136 e. The molecular formula is C15H24O. The molecule has 1 atom stereocenters. The number of Topliss-reactive ketones (excluding diaryl/α,β-unsaturated/α-hetero) is 1. The number of carbonyl (C=O) groups is 1. The van der Waals surface area contributed by atoms with Crippen LogP contribution in [0.4, 0.5) is 0 Å². The molecule has 0 aliphatic rings. The highest BCUT2D eigenvalue weighted by Crippen LogP contribution is 2.14. The maximum absolute atomic E-state index is 10.9. The van der Waals surface area contributed by atoms with Crippen LogP contribution in [0.3, 0.4) is 0 Å². The van der Waals surface area contributed by atoms with Gasteiger partial charge >= 0.3 is 0 Å². The van der Waals surface area contributed by atoms with Crippen LogP contribution < -0.4 is 0 Å². The minimum atomic E-state index is 0.0381. The molecule has 0 fully saturated rings. The van der Waals surface area contributed by atoms with E-state index in [0.717, 1.165) is 5.56 Å². The zero-order valence-electron chi connectivity index (χ0n) is 11.2. The molecule has 1 nitrogen and oxygen atoms in total. The lowest BCUT2D eigenvalue weighted by Crippen LogP contribution is -2.03. The van der Waals surface area contributed by atoms with Crippen LogP contribution >= 0.6 is 0 Å². The van der Waals surface area contributed by atoms with Crippen LogP contribution in [0.15, 0.2) is 43.0 Å². The highest BCUT2D eigenvalue weighted by Gasteiger charge is 2.08. The zero-order chi connectivity index (χ0) is 13.0. The van der Waals surface area contributed by atoms with Gasteiger partial charge in [0, 0.05) is 5.92 Å². The van der Waals surface area contributed by atoms with E-state index in [2.05, 4.69) is 6.58 Å². The second-order valence-electron chi connectivity index (χ2n) is 3.15. The molecule has 0 bridgehead atoms. The van der Waals surface area contributed by atoms with Crippen LogP contribution in [0, 0.1) is 0 Å². The van der Waals surface area contributed by atoms with E-state index < -0.39 is 0 Å². The first kappa shape index (κ1) is 17.0. The Kier molecular flexibility index (Phi) is 12.5. The molecule has 0 aliphatic heterocycles. The number of hydrogen-bond acceptors (Lipinski definition) is 1. The Hall–Kier alpha value is -1.37. The van der Waals surface area contributed by atoms with E-state index in [1.807, 2.05) is 58.0 Å². The van der Waals surface area contributed by atoms with Crippen LogP contribution in [-0.2, 0) is 4.79 Å². The summed E-state index contributed by atoms with van der Waals surface area (Å²) in [5, 5.41) is 0. The molecule has 1 rings (SSSR count). The highest BCUT2D eigenvalue weighted by atomic mass is 16.1. The summed E-state index contributed by atoms with van der Waals surface area (Å²) in [6.45, 7) is 12.8. The second kappa shape index (κ2) is 11.7. The van der Waals surface area contributed by atoms with Gasteiger partial charge in [0.2, 0.25) is 0 Å². The molecule has 0 aliphatic carbocycles. The Balaban J connectivity index is 0. The number of ketones is 1. The molecule has 90 valence electrons. The minimum Gasteiger partial charge on any atom is -0.299 e. The van der Waals surface area contributed by atoms with Crippen molar-refractivity contribution in [3.05, 3.63) is 48.6 Å². The average molecular weight is 220 g/mol. The second-order valence-corrected chi connectivity index (χ2v) is 3.15. The molecule has 0 spiro atoms. The van der Waals surface area contributed by atoms with E-state index in [-0.39, 0.29) is 11.7 Å². The summed E-state index contributed by atoms with van der Waals surface area (Å²) in [5.41, 5.74) is 1.10. The van der Waals surface area contributed by atoms with Gasteiger partial charge in [-0.2, -0.15) is 0 Å². The van der Waals surface area contributed by atoms with Crippen molar-refractivity contribution in [1.82, 2.24) is 0 Å². The lowest BCUT2D eigenvalue weighted by molar-refractivity contribution is -0.118. The van der Waals surface area contributed by atoms with Gasteiger partial charge in [0.05, 0.1) is 0 Å². The van der Waals surface area contributed by atoms with E-state index in [4.69, 9.17) is 0 Å². The third kappa shape index (κ3) is 7.98. The number of carbonyl (C=O) groups excluding carboxylic acids is 1. The molecule has 1 aromatic carbocycles. The predicted octanol–water partition coefficient (Wildman–Crippen LogP) is 4.60. The average Bonchev–Trinajstić information content (AvgIpc) is 2.33. The standard InChI is InChI=1S/C10H12O.C3H6.C2H6/c1-8(9(2)11)10-6-4-3-5-7-10;1-3-2;1-2/h3-8H,1-2H3;3H,1H2,2H3;1-2H3/t8-;;/m1../s1. The van der Waals surface area contributed by atoms with Crippen molar-refractivity contribution >= 4 is 5.78 Å². The van der Waals surface area contributed by atoms with Gasteiger partial charge in [-0.25, -0.2) is 0 Å². The normalized spacial score (nSPS) is 9.81. The molecule has 0 heterocycles. The van der Waals surface area contributed by atoms with Crippen molar-refractivity contribution < 1.29 is 4.79 Å². The molecule has 0 radical (unpaired) electrons. The fourth-order valence-corrected chi connectivity index (χ4v) is 0.976. The maximum Gasteiger partial charge on any atom is 0.136 e. The van der Waals surface area contributed by atoms with Crippen molar-refractivity contribution in [2.45, 2.75) is 40.5 Å². The summed E-state index contributed by atoms with van der Waals surface area (Å²) in [5.74, 6) is 0.257. The SMILES string of the molecule is C=CC.CC.CC(=O)[C@@H](C)c1ccccc1. The van der Waals surface area contributed by atoms with Crippen molar-refractivity contribution in [3.63, 3.8) is 0 Å². The lowest BCUT2D eigenvalue weighted by Gasteiger charge is -2.05. The van der Waals surface area contributed by atoms with Crippen molar-refractivity contribution in [2.75, 3.05) is 0 Å². The Labute approximate surface area is 100 Å². The van der Waals surface area contributed by atoms with Gasteiger partial charge in [-0.1, -0.05) is 57.2 Å². The van der Waals surface area contributed by atoms with Crippen LogP contribution in [0.1, 0.15) is 46.1 Å². The number of hydrogen-bond donors (Lipinski definition) is 0. The van der Waals surface area contributed by atoms with Crippen molar-refractivity contribution in [3.8, 4) is 0 Å². The van der Waals surface area contributed by atoms with Crippen LogP contribution in [0.5, 0.6) is 0 Å². The third-order valence-electron chi connectivity index (χ3n) is 1.91. The summed E-state index contributed by atoms with van der Waals surface area (Å²) in [7, 11) is 0. The number of allylic oxidation sites excluding steroid dienone is 1. The first-order chi connectivity index (χ1) is 7.63. The highest BCUT2D eigenvalue weighted by molar-refractivity contribution is 5.82. The number of rotatable bonds is 2. The molecule has 16 heavy (non-hydrogen) atoms. The molecule has 0 saturated heterocycles. The first-order valence-electron chi connectivity index (χ1n) is 5.76. The van der Waals surface area contributed by atoms with Gasteiger partial charge in [0.15, 0.2) is 0 Å². The Morgan fingerprint density at radius 1 is 1.25 bits per heavy atom. The molecule has 0 saturated carbocycles. The van der Waals surface area contributed by atoms with Gasteiger partial charge in [0.1, 0.15) is 5.78 Å². The first-order valence-corrected chi connectivity index (χ1v) is 5.76. The molecule has 1 heteroatoms. The van der Waals surface area contributed by atoms with E-state index in [0.29, 0.717) is 0 Å². The fraction of sp³-hybridized carbons (Fsp3) is 0.400. The van der Waals surface area contributed by atoms with Crippen LogP contribution in [0.25, 0.3) is 0 Å². The molecule has 0 aromatic heterocycles. The van der Waals surface area contributed by atoms with Gasteiger partial charge in [-0.3, -0.25) is 4.79 Å². The van der Waals surface area contributed by atoms with Crippen LogP contribution in [0.2, 0.25) is 0 Å². The van der Waals surface area contributed by atoms with E-state index in [1.165, 1.54) is 0 Å². The summed E-state index contributed by atoms with van der Waals surface area (Å²) in [4.78, 5) is 10.9. The molecule has 0 amide bonds. The zero-order valence-corrected chi connectivity index (χ0v) is 11.2. The van der Waals surface area contributed by atoms with Crippen molar-refractivity contribution in [1.29, 1.82) is 0 Å². The monoisotopic (exact) mass is 220 g/mol. The summed E-state index contributed by atoms with van der Waals surface area (Å²) >= 11 is 0. The molecule has 0 N–H and O–H groups in total. The van der Waals surface area contributed by atoms with E-state index in [9.17, 15) is 4.79 Å². The summed E-state index contributed by atoms with van der Waals surface area (Å²) in [6, 6.07) is 9.82. The Morgan fingerprint density at radius 2 is 1.62 bits per heavy atom. The summed E-state index contributed by atoms with van der Waals surface area (Å²) < 4.78 is 0. The number of benzene rings is 1. The minimum absolute atomic E-state index is 0.0381. The van der Waals surface area contributed by atoms with Gasteiger partial charge in [-0.05, 0) is 19.4 Å². The largest absolute Gasteiger partial charge is 0.299 e. The lowest BCUT2D eigenvalue weighted by atomic mass is 9.98. The quantitative estimate of drug-likeness (QED) is 0.666. The van der Waals surface area contributed by atoms with Crippen molar-refractivity contribution in [2.24, 2.45) is 0 Å². The molecule has 0 unspecified atom stereocenters. The Morgan fingerprint density at radius 3 is 1.94 bits per heavy atom. The van der Waals surface area contributed by atoms with Gasteiger partial charge in [-0.15, -0.1) is 6.58 Å². The molecular weight excluding hydrogens is 196 g/mol. The molecule has 1 aromatic rings. The fourth-order valence-electron chi connectivity index (χ4n) is 0.976.